The minimum Gasteiger partial charge on any atom is -0.382 e. The lowest BCUT2D eigenvalue weighted by molar-refractivity contribution is 0.122. The zero-order chi connectivity index (χ0) is 21.4. The minimum absolute atomic E-state index is 0.151. The summed E-state index contributed by atoms with van der Waals surface area (Å²) < 4.78 is 7.67. The van der Waals surface area contributed by atoms with E-state index in [0.717, 1.165) is 30.1 Å². The molecule has 4 aromatic rings. The third kappa shape index (κ3) is 3.57. The summed E-state index contributed by atoms with van der Waals surface area (Å²) in [5, 5.41) is 0. The third-order valence-electron chi connectivity index (χ3n) is 5.28. The van der Waals surface area contributed by atoms with Gasteiger partial charge in [-0.3, -0.25) is 0 Å². The summed E-state index contributed by atoms with van der Waals surface area (Å²) in [6.07, 6.45) is 3.17. The molecule has 0 spiro atoms. The van der Waals surface area contributed by atoms with Crippen LogP contribution >= 0.6 is 0 Å². The fourth-order valence-electron chi connectivity index (χ4n) is 3.79. The quantitative estimate of drug-likeness (QED) is 0.541. The second kappa shape index (κ2) is 7.92. The molecule has 0 radical (unpaired) electrons. The van der Waals surface area contributed by atoms with E-state index in [1.807, 2.05) is 18.2 Å². The van der Waals surface area contributed by atoms with Crippen LogP contribution < -0.4 is 10.6 Å². The smallest absolute Gasteiger partial charge is 0.228 e. The summed E-state index contributed by atoms with van der Waals surface area (Å²) in [6.45, 7) is 7.03. The number of nitrogen functional groups attached to an aromatic ring is 1. The van der Waals surface area contributed by atoms with Crippen molar-refractivity contribution in [2.75, 3.05) is 36.9 Å². The number of fused-ring (bicyclic) bond motifs is 1. The molecule has 1 fully saturated rings. The average Bonchev–Trinajstić information content (AvgIpc) is 3.20. The van der Waals surface area contributed by atoms with Gasteiger partial charge in [0.25, 0.3) is 0 Å². The molecule has 5 rings (SSSR count). The minimum atomic E-state index is 0.151. The van der Waals surface area contributed by atoms with Gasteiger partial charge in [0.15, 0.2) is 5.65 Å². The van der Waals surface area contributed by atoms with Crippen LogP contribution in [0.2, 0.25) is 0 Å². The lowest BCUT2D eigenvalue weighted by Crippen LogP contribution is -2.37. The van der Waals surface area contributed by atoms with E-state index in [1.54, 1.807) is 6.20 Å². The van der Waals surface area contributed by atoms with Gasteiger partial charge in [0.1, 0.15) is 28.5 Å². The van der Waals surface area contributed by atoms with Crippen molar-refractivity contribution in [3.05, 3.63) is 42.7 Å². The van der Waals surface area contributed by atoms with Crippen molar-refractivity contribution in [3.8, 4) is 22.8 Å². The number of morpholine rings is 1. The SMILES string of the molecule is CC(C)n1c(-c2ccccc2)nc2c(-c3cnc(N)cn3)nc(N3CCOCC3)nc21. The highest BCUT2D eigenvalue weighted by atomic mass is 16.5. The summed E-state index contributed by atoms with van der Waals surface area (Å²) in [7, 11) is 0. The fourth-order valence-corrected chi connectivity index (χ4v) is 3.79. The molecule has 158 valence electrons. The number of nitrogens with zero attached hydrogens (tertiary/aromatic N) is 7. The van der Waals surface area contributed by atoms with Crippen LogP contribution in [0, 0.1) is 0 Å². The third-order valence-corrected chi connectivity index (χ3v) is 5.28. The molecular formula is C22H24N8O. The maximum absolute atomic E-state index is 5.76. The number of benzene rings is 1. The summed E-state index contributed by atoms with van der Waals surface area (Å²) >= 11 is 0. The molecular weight excluding hydrogens is 392 g/mol. The number of imidazole rings is 1. The summed E-state index contributed by atoms with van der Waals surface area (Å²) in [4.78, 5) is 25.6. The maximum Gasteiger partial charge on any atom is 0.228 e. The Balaban J connectivity index is 1.79. The molecule has 9 heteroatoms. The Morgan fingerprint density at radius 1 is 0.968 bits per heavy atom. The van der Waals surface area contributed by atoms with Gasteiger partial charge in [-0.2, -0.15) is 4.98 Å². The molecule has 4 heterocycles. The van der Waals surface area contributed by atoms with Crippen LogP contribution in [-0.2, 0) is 4.74 Å². The summed E-state index contributed by atoms with van der Waals surface area (Å²) in [5.41, 5.74) is 9.52. The highest BCUT2D eigenvalue weighted by Gasteiger charge is 2.24. The van der Waals surface area contributed by atoms with Crippen LogP contribution in [-0.4, -0.2) is 55.8 Å². The van der Waals surface area contributed by atoms with Crippen molar-refractivity contribution >= 4 is 22.9 Å². The maximum atomic E-state index is 5.76. The lowest BCUT2D eigenvalue weighted by atomic mass is 10.2. The highest BCUT2D eigenvalue weighted by molar-refractivity contribution is 5.90. The highest BCUT2D eigenvalue weighted by Crippen LogP contribution is 2.33. The number of anilines is 2. The van der Waals surface area contributed by atoms with E-state index in [0.29, 0.717) is 41.9 Å². The Morgan fingerprint density at radius 3 is 2.42 bits per heavy atom. The van der Waals surface area contributed by atoms with Crippen LogP contribution in [0.3, 0.4) is 0 Å². The first-order valence-corrected chi connectivity index (χ1v) is 10.4. The van der Waals surface area contributed by atoms with Crippen LogP contribution in [0.25, 0.3) is 33.9 Å². The van der Waals surface area contributed by atoms with Crippen molar-refractivity contribution in [1.29, 1.82) is 0 Å². The van der Waals surface area contributed by atoms with Gasteiger partial charge in [0, 0.05) is 24.7 Å². The van der Waals surface area contributed by atoms with Crippen LogP contribution in [0.15, 0.2) is 42.7 Å². The summed E-state index contributed by atoms with van der Waals surface area (Å²) in [5.74, 6) is 1.86. The van der Waals surface area contributed by atoms with Crippen molar-refractivity contribution in [2.24, 2.45) is 0 Å². The van der Waals surface area contributed by atoms with Gasteiger partial charge >= 0.3 is 0 Å². The predicted molar refractivity (Wildman–Crippen MR) is 120 cm³/mol. The first kappa shape index (κ1) is 19.4. The first-order chi connectivity index (χ1) is 15.1. The van der Waals surface area contributed by atoms with E-state index >= 15 is 0 Å². The largest absolute Gasteiger partial charge is 0.382 e. The molecule has 1 aliphatic heterocycles. The molecule has 9 nitrogen and oxygen atoms in total. The zero-order valence-corrected chi connectivity index (χ0v) is 17.6. The number of hydrogen-bond acceptors (Lipinski definition) is 8. The molecule has 3 aromatic heterocycles. The topological polar surface area (TPSA) is 108 Å². The fraction of sp³-hybridized carbons (Fsp3) is 0.318. The second-order valence-corrected chi connectivity index (χ2v) is 7.74. The standard InChI is InChI=1S/C22H24N8O/c1-14(2)30-20(15-6-4-3-5-7-15)26-19-18(16-12-25-17(23)13-24-16)27-22(28-21(19)30)29-8-10-31-11-9-29/h3-7,12-14H,8-11H2,1-2H3,(H2,23,25). The second-order valence-electron chi connectivity index (χ2n) is 7.74. The molecule has 0 bridgehead atoms. The average molecular weight is 416 g/mol. The van der Waals surface area contributed by atoms with Crippen LogP contribution in [0.4, 0.5) is 11.8 Å². The Labute approximate surface area is 180 Å². The molecule has 0 amide bonds. The van der Waals surface area contributed by atoms with E-state index in [-0.39, 0.29) is 6.04 Å². The van der Waals surface area contributed by atoms with Gasteiger partial charge in [-0.05, 0) is 13.8 Å². The monoisotopic (exact) mass is 416 g/mol. The Kier molecular flexibility index (Phi) is 4.95. The molecule has 1 aliphatic rings. The van der Waals surface area contributed by atoms with E-state index < -0.39 is 0 Å². The lowest BCUT2D eigenvalue weighted by Gasteiger charge is -2.27. The normalized spacial score (nSPS) is 14.5. The van der Waals surface area contributed by atoms with Gasteiger partial charge in [-0.1, -0.05) is 30.3 Å². The number of hydrogen-bond donors (Lipinski definition) is 1. The van der Waals surface area contributed by atoms with E-state index in [9.17, 15) is 0 Å². The number of aromatic nitrogens is 6. The Hall–Kier alpha value is -3.59. The van der Waals surface area contributed by atoms with Crippen molar-refractivity contribution < 1.29 is 4.74 Å². The number of rotatable bonds is 4. The summed E-state index contributed by atoms with van der Waals surface area (Å²) in [6, 6.07) is 10.3. The number of ether oxygens (including phenoxy) is 1. The zero-order valence-electron chi connectivity index (χ0n) is 17.6. The van der Waals surface area contributed by atoms with Gasteiger partial charge in [0.2, 0.25) is 5.95 Å². The van der Waals surface area contributed by atoms with E-state index in [1.165, 1.54) is 6.20 Å². The Morgan fingerprint density at radius 2 is 1.74 bits per heavy atom. The molecule has 0 aliphatic carbocycles. The first-order valence-electron chi connectivity index (χ1n) is 10.4. The van der Waals surface area contributed by atoms with Crippen molar-refractivity contribution in [3.63, 3.8) is 0 Å². The molecule has 1 saturated heterocycles. The van der Waals surface area contributed by atoms with Crippen molar-refractivity contribution in [1.82, 2.24) is 29.5 Å². The molecule has 2 N–H and O–H groups in total. The molecule has 0 atom stereocenters. The van der Waals surface area contributed by atoms with Crippen LogP contribution in [0.1, 0.15) is 19.9 Å². The van der Waals surface area contributed by atoms with Crippen LogP contribution in [0.5, 0.6) is 0 Å². The van der Waals surface area contributed by atoms with Crippen molar-refractivity contribution in [2.45, 2.75) is 19.9 Å². The van der Waals surface area contributed by atoms with Gasteiger partial charge in [-0.15, -0.1) is 0 Å². The number of nitrogens with two attached hydrogens (primary N) is 1. The van der Waals surface area contributed by atoms with Gasteiger partial charge in [-0.25, -0.2) is 19.9 Å². The Bertz CT molecular complexity index is 1200. The molecule has 31 heavy (non-hydrogen) atoms. The van der Waals surface area contributed by atoms with Gasteiger partial charge < -0.3 is 19.9 Å². The van der Waals surface area contributed by atoms with E-state index in [2.05, 4.69) is 45.4 Å². The predicted octanol–water partition coefficient (Wildman–Crippen LogP) is 2.95. The molecule has 1 aromatic carbocycles. The molecule has 0 unspecified atom stereocenters. The van der Waals surface area contributed by atoms with E-state index in [4.69, 9.17) is 25.4 Å². The van der Waals surface area contributed by atoms with Gasteiger partial charge in [0.05, 0.1) is 25.6 Å². The molecule has 0 saturated carbocycles.